The van der Waals surface area contributed by atoms with Crippen molar-refractivity contribution in [2.75, 3.05) is 23.7 Å². The minimum atomic E-state index is -3.30. The molecule has 2 aromatic carbocycles. The number of halogens is 2. The normalized spacial score (nSPS) is 13.6. The zero-order chi connectivity index (χ0) is 18.2. The van der Waals surface area contributed by atoms with Crippen molar-refractivity contribution >= 4 is 44.7 Å². The maximum Gasteiger partial charge on any atom is 0.232 e. The summed E-state index contributed by atoms with van der Waals surface area (Å²) >= 11 is 11.7. The molecule has 0 saturated heterocycles. The summed E-state index contributed by atoms with van der Waals surface area (Å²) in [5.74, 6) is 0.249. The largest absolute Gasteiger partial charge is 0.485 e. The minimum Gasteiger partial charge on any atom is -0.485 e. The number of carbonyl (C=O) groups is 1. The van der Waals surface area contributed by atoms with Crippen LogP contribution >= 0.6 is 23.2 Å². The standard InChI is InChI=1S/C17H15Cl2NO4S/c1-25(22,23)20-7-6-11-8-12(2-5-16(11)20)17(21)10-24-13-3-4-14(18)15(19)9-13/h2-5,8-9H,6-7,10H2,1H3. The van der Waals surface area contributed by atoms with E-state index in [9.17, 15) is 13.2 Å². The van der Waals surface area contributed by atoms with Gasteiger partial charge in [0.25, 0.3) is 0 Å². The maximum absolute atomic E-state index is 12.3. The Morgan fingerprint density at radius 3 is 2.60 bits per heavy atom. The summed E-state index contributed by atoms with van der Waals surface area (Å²) in [5, 5.41) is 0.763. The fourth-order valence-corrected chi connectivity index (χ4v) is 3.93. The van der Waals surface area contributed by atoms with Gasteiger partial charge >= 0.3 is 0 Å². The number of nitrogens with zero attached hydrogens (tertiary/aromatic N) is 1. The van der Waals surface area contributed by atoms with Crippen molar-refractivity contribution in [3.63, 3.8) is 0 Å². The van der Waals surface area contributed by atoms with Gasteiger partial charge in [0.05, 0.1) is 22.0 Å². The first kappa shape index (κ1) is 18.0. The summed E-state index contributed by atoms with van der Waals surface area (Å²) in [6.45, 7) is 0.248. The molecular formula is C17H15Cl2NO4S. The summed E-state index contributed by atoms with van der Waals surface area (Å²) in [5.41, 5.74) is 1.95. The molecule has 0 radical (unpaired) electrons. The quantitative estimate of drug-likeness (QED) is 0.720. The van der Waals surface area contributed by atoms with Gasteiger partial charge in [-0.3, -0.25) is 9.10 Å². The lowest BCUT2D eigenvalue weighted by atomic mass is 10.1. The smallest absolute Gasteiger partial charge is 0.232 e. The van der Waals surface area contributed by atoms with Gasteiger partial charge in [-0.05, 0) is 42.3 Å². The highest BCUT2D eigenvalue weighted by atomic mass is 35.5. The Kier molecular flexibility index (Phi) is 4.95. The molecule has 0 unspecified atom stereocenters. The van der Waals surface area contributed by atoms with Gasteiger partial charge in [-0.2, -0.15) is 0 Å². The number of hydrogen-bond acceptors (Lipinski definition) is 4. The van der Waals surface area contributed by atoms with Crippen molar-refractivity contribution in [2.24, 2.45) is 0 Å². The van der Waals surface area contributed by atoms with Crippen LogP contribution in [0.1, 0.15) is 15.9 Å². The molecule has 25 heavy (non-hydrogen) atoms. The first-order chi connectivity index (χ1) is 11.8. The van der Waals surface area contributed by atoms with E-state index in [0.29, 0.717) is 40.0 Å². The zero-order valence-electron chi connectivity index (χ0n) is 13.3. The van der Waals surface area contributed by atoms with E-state index < -0.39 is 10.0 Å². The van der Waals surface area contributed by atoms with E-state index in [4.69, 9.17) is 27.9 Å². The molecule has 132 valence electrons. The van der Waals surface area contributed by atoms with Gasteiger partial charge in [-0.15, -0.1) is 0 Å². The molecule has 0 bridgehead atoms. The highest BCUT2D eigenvalue weighted by Crippen LogP contribution is 2.31. The van der Waals surface area contributed by atoms with Crippen molar-refractivity contribution in [3.05, 3.63) is 57.6 Å². The molecule has 3 rings (SSSR count). The second-order valence-electron chi connectivity index (χ2n) is 5.72. The van der Waals surface area contributed by atoms with Crippen molar-refractivity contribution in [2.45, 2.75) is 6.42 Å². The van der Waals surface area contributed by atoms with E-state index in [1.807, 2.05) is 0 Å². The molecule has 0 aromatic heterocycles. The van der Waals surface area contributed by atoms with Crippen molar-refractivity contribution < 1.29 is 17.9 Å². The van der Waals surface area contributed by atoms with Crippen LogP contribution < -0.4 is 9.04 Å². The Hall–Kier alpha value is -1.76. The Morgan fingerprint density at radius 1 is 1.16 bits per heavy atom. The minimum absolute atomic E-state index is 0.146. The van der Waals surface area contributed by atoms with Gasteiger partial charge < -0.3 is 4.74 Å². The number of carbonyl (C=O) groups excluding carboxylic acids is 1. The number of ether oxygens (including phenoxy) is 1. The molecule has 0 N–H and O–H groups in total. The highest BCUT2D eigenvalue weighted by Gasteiger charge is 2.26. The maximum atomic E-state index is 12.3. The van der Waals surface area contributed by atoms with Crippen molar-refractivity contribution in [1.29, 1.82) is 0 Å². The van der Waals surface area contributed by atoms with Crippen LogP contribution in [0.15, 0.2) is 36.4 Å². The van der Waals surface area contributed by atoms with Crippen LogP contribution in [0.25, 0.3) is 0 Å². The zero-order valence-corrected chi connectivity index (χ0v) is 15.7. The Balaban J connectivity index is 1.72. The van der Waals surface area contributed by atoms with E-state index in [-0.39, 0.29) is 12.4 Å². The molecule has 0 atom stereocenters. The number of hydrogen-bond donors (Lipinski definition) is 0. The van der Waals surface area contributed by atoms with Crippen LogP contribution in [0.3, 0.4) is 0 Å². The molecular weight excluding hydrogens is 385 g/mol. The van der Waals surface area contributed by atoms with Crippen LogP contribution in [0.5, 0.6) is 5.75 Å². The molecule has 8 heteroatoms. The Morgan fingerprint density at radius 2 is 1.92 bits per heavy atom. The van der Waals surface area contributed by atoms with E-state index in [2.05, 4.69) is 0 Å². The van der Waals surface area contributed by atoms with Gasteiger partial charge in [0.2, 0.25) is 10.0 Å². The number of benzene rings is 2. The first-order valence-corrected chi connectivity index (χ1v) is 10.1. The fraction of sp³-hybridized carbons (Fsp3) is 0.235. The van der Waals surface area contributed by atoms with E-state index in [0.717, 1.165) is 5.56 Å². The van der Waals surface area contributed by atoms with Crippen molar-refractivity contribution in [3.8, 4) is 5.75 Å². The van der Waals surface area contributed by atoms with E-state index in [1.54, 1.807) is 36.4 Å². The number of rotatable bonds is 5. The second-order valence-corrected chi connectivity index (χ2v) is 8.44. The molecule has 0 amide bonds. The van der Waals surface area contributed by atoms with Crippen LogP contribution in [-0.2, 0) is 16.4 Å². The monoisotopic (exact) mass is 399 g/mol. The summed E-state index contributed by atoms with van der Waals surface area (Å²) in [4.78, 5) is 12.3. The van der Waals surface area contributed by atoms with Gasteiger partial charge in [-0.25, -0.2) is 8.42 Å². The first-order valence-electron chi connectivity index (χ1n) is 7.47. The molecule has 5 nitrogen and oxygen atoms in total. The van der Waals surface area contributed by atoms with Crippen LogP contribution in [0.4, 0.5) is 5.69 Å². The van der Waals surface area contributed by atoms with Gasteiger partial charge in [0, 0.05) is 18.2 Å². The van der Waals surface area contributed by atoms with Gasteiger partial charge in [0.15, 0.2) is 12.4 Å². The Labute approximate surface area is 156 Å². The average molecular weight is 400 g/mol. The fourth-order valence-electron chi connectivity index (χ4n) is 2.69. The summed E-state index contributed by atoms with van der Waals surface area (Å²) in [6.07, 6.45) is 1.75. The lowest BCUT2D eigenvalue weighted by Gasteiger charge is -2.16. The number of sulfonamides is 1. The van der Waals surface area contributed by atoms with E-state index >= 15 is 0 Å². The number of ketones is 1. The average Bonchev–Trinajstić information content (AvgIpc) is 2.99. The van der Waals surface area contributed by atoms with Gasteiger partial charge in [-0.1, -0.05) is 23.2 Å². The third kappa shape index (κ3) is 3.92. The summed E-state index contributed by atoms with van der Waals surface area (Å²) < 4.78 is 30.3. The summed E-state index contributed by atoms with van der Waals surface area (Å²) in [7, 11) is -3.30. The molecule has 1 aliphatic rings. The summed E-state index contributed by atoms with van der Waals surface area (Å²) in [6, 6.07) is 9.77. The van der Waals surface area contributed by atoms with Crippen LogP contribution in [0, 0.1) is 0 Å². The Bertz CT molecular complexity index is 944. The number of anilines is 1. The molecule has 0 fully saturated rings. The predicted octanol–water partition coefficient (Wildman–Crippen LogP) is 3.58. The number of Topliss-reactive ketones (excluding diaryl/α,β-unsaturated/α-hetero) is 1. The molecule has 1 heterocycles. The lowest BCUT2D eigenvalue weighted by Crippen LogP contribution is -2.27. The number of fused-ring (bicyclic) bond motifs is 1. The van der Waals surface area contributed by atoms with Crippen LogP contribution in [-0.4, -0.2) is 33.6 Å². The van der Waals surface area contributed by atoms with Gasteiger partial charge in [0.1, 0.15) is 5.75 Å². The molecule has 0 aliphatic carbocycles. The molecule has 0 saturated carbocycles. The molecule has 1 aliphatic heterocycles. The van der Waals surface area contributed by atoms with Crippen molar-refractivity contribution in [1.82, 2.24) is 0 Å². The SMILES string of the molecule is CS(=O)(=O)N1CCc2cc(C(=O)COc3ccc(Cl)c(Cl)c3)ccc21. The van der Waals surface area contributed by atoms with E-state index in [1.165, 1.54) is 10.6 Å². The topological polar surface area (TPSA) is 63.7 Å². The highest BCUT2D eigenvalue weighted by molar-refractivity contribution is 7.92. The third-order valence-corrected chi connectivity index (χ3v) is 5.83. The predicted molar refractivity (Wildman–Crippen MR) is 98.6 cm³/mol. The molecule has 2 aromatic rings. The third-order valence-electron chi connectivity index (χ3n) is 3.92. The molecule has 0 spiro atoms. The second kappa shape index (κ2) is 6.86. The lowest BCUT2D eigenvalue weighted by molar-refractivity contribution is 0.0921. The van der Waals surface area contributed by atoms with Crippen LogP contribution in [0.2, 0.25) is 10.0 Å².